The van der Waals surface area contributed by atoms with Crippen LogP contribution in [-0.4, -0.2) is 120 Å². The zero-order valence-corrected chi connectivity index (χ0v) is 22.2. The van der Waals surface area contributed by atoms with Crippen LogP contribution < -0.4 is 4.74 Å². The molecule has 34 heavy (non-hydrogen) atoms. The fourth-order valence-corrected chi connectivity index (χ4v) is 6.53. The van der Waals surface area contributed by atoms with Crippen LogP contribution in [0.3, 0.4) is 0 Å². The maximum absolute atomic E-state index is 13.1. The van der Waals surface area contributed by atoms with Crippen molar-refractivity contribution in [2.24, 2.45) is 5.92 Å². The topological polar surface area (TPSA) is 82.6 Å². The summed E-state index contributed by atoms with van der Waals surface area (Å²) >= 11 is 0. The van der Waals surface area contributed by atoms with E-state index in [0.29, 0.717) is 16.9 Å². The molecule has 2 aliphatic rings. The molecule has 1 aromatic carbocycles. The highest BCUT2D eigenvalue weighted by atomic mass is 32.2. The molecule has 10 heteroatoms. The van der Waals surface area contributed by atoms with Crippen molar-refractivity contribution in [2.45, 2.75) is 31.2 Å². The van der Waals surface area contributed by atoms with Gasteiger partial charge in [-0.3, -0.25) is 4.79 Å². The zero-order chi connectivity index (χ0) is 25.0. The Labute approximate surface area is 204 Å². The third-order valence-electron chi connectivity index (χ3n) is 6.96. The normalized spacial score (nSPS) is 20.0. The molecular weight excluding hydrogens is 456 g/mol. The molecule has 2 fully saturated rings. The minimum absolute atomic E-state index is 0.0467. The van der Waals surface area contributed by atoms with Gasteiger partial charge in [-0.15, -0.1) is 0 Å². The molecule has 0 spiro atoms. The van der Waals surface area contributed by atoms with Gasteiger partial charge in [0.1, 0.15) is 12.4 Å². The Balaban J connectivity index is 1.42. The Morgan fingerprint density at radius 3 is 2.38 bits per heavy atom. The van der Waals surface area contributed by atoms with E-state index in [9.17, 15) is 13.2 Å². The predicted octanol–water partition coefficient (Wildman–Crippen LogP) is 1.04. The molecule has 2 saturated heterocycles. The molecule has 0 aromatic heterocycles. The van der Waals surface area contributed by atoms with Crippen LogP contribution in [0.25, 0.3) is 0 Å². The molecule has 2 heterocycles. The van der Waals surface area contributed by atoms with Gasteiger partial charge in [0, 0.05) is 59.4 Å². The molecule has 3 rings (SSSR count). The SMILES string of the molecule is COc1cc(C)c(S(=O)(=O)N(C)CCOCC(=O)N(C)[C@@H]2CCN(CC3CN(C)C3)C2)c(C)c1. The van der Waals surface area contributed by atoms with Gasteiger partial charge >= 0.3 is 0 Å². The smallest absolute Gasteiger partial charge is 0.248 e. The largest absolute Gasteiger partial charge is 0.497 e. The second kappa shape index (κ2) is 11.3. The average Bonchev–Trinajstić information content (AvgIpc) is 3.22. The molecule has 1 aromatic rings. The van der Waals surface area contributed by atoms with E-state index < -0.39 is 10.0 Å². The summed E-state index contributed by atoms with van der Waals surface area (Å²) in [7, 11) is 3.39. The first kappa shape index (κ1) is 26.9. The second-order valence-electron chi connectivity index (χ2n) is 9.76. The first-order valence-electron chi connectivity index (χ1n) is 11.9. The highest BCUT2D eigenvalue weighted by Crippen LogP contribution is 2.27. The summed E-state index contributed by atoms with van der Waals surface area (Å²) in [6.07, 6.45) is 0.979. The van der Waals surface area contributed by atoms with Gasteiger partial charge in [0.25, 0.3) is 0 Å². The number of nitrogens with zero attached hydrogens (tertiary/aromatic N) is 4. The van der Waals surface area contributed by atoms with Crippen molar-refractivity contribution in [3.63, 3.8) is 0 Å². The fourth-order valence-electron chi connectivity index (χ4n) is 4.97. The first-order chi connectivity index (χ1) is 16.0. The van der Waals surface area contributed by atoms with Crippen molar-refractivity contribution in [3.8, 4) is 5.75 Å². The summed E-state index contributed by atoms with van der Waals surface area (Å²) in [5.41, 5.74) is 1.27. The number of hydrogen-bond donors (Lipinski definition) is 0. The van der Waals surface area contributed by atoms with Crippen LogP contribution >= 0.6 is 0 Å². The van der Waals surface area contributed by atoms with E-state index in [0.717, 1.165) is 45.1 Å². The lowest BCUT2D eigenvalue weighted by molar-refractivity contribution is -0.136. The quantitative estimate of drug-likeness (QED) is 0.424. The number of ether oxygens (including phenoxy) is 2. The third kappa shape index (κ3) is 6.28. The molecule has 0 aliphatic carbocycles. The average molecular weight is 497 g/mol. The number of methoxy groups -OCH3 is 1. The third-order valence-corrected chi connectivity index (χ3v) is 9.12. The van der Waals surface area contributed by atoms with E-state index in [-0.39, 0.29) is 36.6 Å². The number of sulfonamides is 1. The summed E-state index contributed by atoms with van der Waals surface area (Å²) < 4.78 is 38.2. The lowest BCUT2D eigenvalue weighted by Crippen LogP contribution is -2.49. The van der Waals surface area contributed by atoms with Gasteiger partial charge in [-0.05, 0) is 56.5 Å². The summed E-state index contributed by atoms with van der Waals surface area (Å²) in [6.45, 7) is 9.14. The highest BCUT2D eigenvalue weighted by molar-refractivity contribution is 7.89. The molecule has 0 N–H and O–H groups in total. The van der Waals surface area contributed by atoms with Crippen LogP contribution in [0.5, 0.6) is 5.75 Å². The molecule has 0 radical (unpaired) electrons. The monoisotopic (exact) mass is 496 g/mol. The van der Waals surface area contributed by atoms with E-state index in [1.54, 1.807) is 38.0 Å². The van der Waals surface area contributed by atoms with Gasteiger partial charge in [0.15, 0.2) is 0 Å². The van der Waals surface area contributed by atoms with Crippen LogP contribution in [0, 0.1) is 19.8 Å². The van der Waals surface area contributed by atoms with Gasteiger partial charge in [-0.25, -0.2) is 8.42 Å². The lowest BCUT2D eigenvalue weighted by Gasteiger charge is -2.38. The summed E-state index contributed by atoms with van der Waals surface area (Å²) in [4.78, 5) is 19.5. The van der Waals surface area contributed by atoms with Crippen molar-refractivity contribution >= 4 is 15.9 Å². The van der Waals surface area contributed by atoms with Crippen molar-refractivity contribution in [1.29, 1.82) is 0 Å². The van der Waals surface area contributed by atoms with E-state index in [1.165, 1.54) is 11.4 Å². The number of benzene rings is 1. The standard InChI is InChI=1S/C24H40N4O5S/c1-18-11-22(32-6)12-19(2)24(18)34(30,31)26(4)9-10-33-17-23(29)27(5)21-7-8-28(16-21)15-20-13-25(3)14-20/h11-12,20-21H,7-10,13-17H2,1-6H3/t21-/m1/s1. The van der Waals surface area contributed by atoms with Crippen molar-refractivity contribution in [3.05, 3.63) is 23.3 Å². The predicted molar refractivity (Wildman–Crippen MR) is 132 cm³/mol. The Bertz CT molecular complexity index is 941. The number of carbonyl (C=O) groups is 1. The number of carbonyl (C=O) groups excluding carboxylic acids is 1. The second-order valence-corrected chi connectivity index (χ2v) is 11.7. The van der Waals surface area contributed by atoms with Gasteiger partial charge in [-0.2, -0.15) is 4.31 Å². The minimum atomic E-state index is -3.68. The van der Waals surface area contributed by atoms with Crippen molar-refractivity contribution < 1.29 is 22.7 Å². The zero-order valence-electron chi connectivity index (χ0n) is 21.4. The van der Waals surface area contributed by atoms with Crippen molar-refractivity contribution in [1.82, 2.24) is 19.0 Å². The van der Waals surface area contributed by atoms with E-state index in [4.69, 9.17) is 9.47 Å². The molecule has 2 aliphatic heterocycles. The maximum atomic E-state index is 13.1. The molecule has 9 nitrogen and oxygen atoms in total. The lowest BCUT2D eigenvalue weighted by atomic mass is 10.0. The highest BCUT2D eigenvalue weighted by Gasteiger charge is 2.32. The Morgan fingerprint density at radius 2 is 1.79 bits per heavy atom. The molecular formula is C24H40N4O5S. The molecule has 0 unspecified atom stereocenters. The van der Waals surface area contributed by atoms with Crippen LogP contribution in [0.1, 0.15) is 17.5 Å². The van der Waals surface area contributed by atoms with Gasteiger partial charge < -0.3 is 24.2 Å². The van der Waals surface area contributed by atoms with Crippen LogP contribution in [-0.2, 0) is 19.6 Å². The van der Waals surface area contributed by atoms with E-state index in [1.807, 2.05) is 7.05 Å². The Hall–Kier alpha value is -1.72. The number of likely N-dealkylation sites (N-methyl/N-ethyl adjacent to an activating group) is 2. The number of amides is 1. The molecule has 0 saturated carbocycles. The van der Waals surface area contributed by atoms with Crippen molar-refractivity contribution in [2.75, 3.05) is 80.7 Å². The van der Waals surface area contributed by atoms with Gasteiger partial charge in [-0.1, -0.05) is 0 Å². The van der Waals surface area contributed by atoms with Crippen LogP contribution in [0.4, 0.5) is 0 Å². The molecule has 1 amide bonds. The summed E-state index contributed by atoms with van der Waals surface area (Å²) in [5, 5.41) is 0. The summed E-state index contributed by atoms with van der Waals surface area (Å²) in [5.74, 6) is 1.30. The molecule has 192 valence electrons. The van der Waals surface area contributed by atoms with Crippen LogP contribution in [0.15, 0.2) is 17.0 Å². The summed E-state index contributed by atoms with van der Waals surface area (Å²) in [6, 6.07) is 3.64. The number of rotatable bonds is 11. The van der Waals surface area contributed by atoms with Gasteiger partial charge in [0.2, 0.25) is 15.9 Å². The number of hydrogen-bond acceptors (Lipinski definition) is 7. The number of aryl methyl sites for hydroxylation is 2. The molecule has 1 atom stereocenters. The maximum Gasteiger partial charge on any atom is 0.248 e. The minimum Gasteiger partial charge on any atom is -0.497 e. The first-order valence-corrected chi connectivity index (χ1v) is 13.3. The van der Waals surface area contributed by atoms with E-state index in [2.05, 4.69) is 16.8 Å². The van der Waals surface area contributed by atoms with Gasteiger partial charge in [0.05, 0.1) is 18.6 Å². The Morgan fingerprint density at radius 1 is 1.15 bits per heavy atom. The molecule has 0 bridgehead atoms. The van der Waals surface area contributed by atoms with E-state index >= 15 is 0 Å². The fraction of sp³-hybridized carbons (Fsp3) is 0.708. The Kier molecular flexibility index (Phi) is 8.97. The van der Waals surface area contributed by atoms with Crippen LogP contribution in [0.2, 0.25) is 0 Å². The number of likely N-dealkylation sites (tertiary alicyclic amines) is 2.